The smallest absolute Gasteiger partial charge is 0.328 e. The van der Waals surface area contributed by atoms with Gasteiger partial charge in [0.25, 0.3) is 0 Å². The largest absolute Gasteiger partial charge is 0.480 e. The van der Waals surface area contributed by atoms with Crippen molar-refractivity contribution >= 4 is 5.97 Å². The molecule has 0 fully saturated rings. The van der Waals surface area contributed by atoms with Gasteiger partial charge in [-0.05, 0) is 18.8 Å². The number of aromatic nitrogens is 2. The number of carbonyl (C=O) groups is 1. The number of nitrogens with one attached hydrogen (secondary N) is 1. The summed E-state index contributed by atoms with van der Waals surface area (Å²) in [4.78, 5) is 11.2. The minimum absolute atomic E-state index is 0.0647. The Bertz CT molecular complexity index is 374. The molecule has 0 radical (unpaired) electrons. The number of hydrogen-bond donors (Lipinski definition) is 3. The number of rotatable bonds is 1. The Morgan fingerprint density at radius 1 is 1.86 bits per heavy atom. The summed E-state index contributed by atoms with van der Waals surface area (Å²) in [6.07, 6.45) is 3.12. The molecule has 2 unspecified atom stereocenters. The molecule has 1 aliphatic rings. The summed E-state index contributed by atoms with van der Waals surface area (Å²) >= 11 is 0. The first kappa shape index (κ1) is 9.21. The highest BCUT2D eigenvalue weighted by atomic mass is 16.4. The molecule has 14 heavy (non-hydrogen) atoms. The Labute approximate surface area is 81.3 Å². The Hall–Kier alpha value is -1.36. The van der Waals surface area contributed by atoms with E-state index in [1.807, 2.05) is 6.92 Å². The van der Waals surface area contributed by atoms with Gasteiger partial charge in [0.1, 0.15) is 5.54 Å². The van der Waals surface area contributed by atoms with Crippen LogP contribution in [0.25, 0.3) is 0 Å². The molecule has 0 bridgehead atoms. The van der Waals surface area contributed by atoms with E-state index in [1.165, 1.54) is 6.20 Å². The van der Waals surface area contributed by atoms with E-state index >= 15 is 0 Å². The van der Waals surface area contributed by atoms with Gasteiger partial charge in [-0.2, -0.15) is 5.10 Å². The third kappa shape index (κ3) is 0.988. The van der Waals surface area contributed by atoms with Crippen molar-refractivity contribution in [2.45, 2.75) is 25.3 Å². The Morgan fingerprint density at radius 3 is 3.21 bits per heavy atom. The zero-order valence-corrected chi connectivity index (χ0v) is 7.95. The van der Waals surface area contributed by atoms with Crippen LogP contribution in [0.2, 0.25) is 0 Å². The molecule has 0 saturated carbocycles. The van der Waals surface area contributed by atoms with E-state index in [0.29, 0.717) is 5.56 Å². The maximum atomic E-state index is 11.2. The maximum Gasteiger partial charge on any atom is 0.328 e. The summed E-state index contributed by atoms with van der Waals surface area (Å²) in [5, 5.41) is 15.8. The molecule has 2 rings (SSSR count). The van der Waals surface area contributed by atoms with Gasteiger partial charge in [-0.1, -0.05) is 6.92 Å². The van der Waals surface area contributed by atoms with E-state index in [4.69, 9.17) is 10.8 Å². The lowest BCUT2D eigenvalue weighted by molar-refractivity contribution is -0.146. The molecule has 0 aromatic carbocycles. The average Bonchev–Trinajstić information content (AvgIpc) is 2.59. The first-order chi connectivity index (χ1) is 6.56. The summed E-state index contributed by atoms with van der Waals surface area (Å²) < 4.78 is 0. The van der Waals surface area contributed by atoms with Gasteiger partial charge >= 0.3 is 5.97 Å². The van der Waals surface area contributed by atoms with Gasteiger partial charge < -0.3 is 10.8 Å². The third-order valence-corrected chi connectivity index (χ3v) is 3.12. The molecule has 0 spiro atoms. The van der Waals surface area contributed by atoms with Crippen LogP contribution >= 0.6 is 0 Å². The van der Waals surface area contributed by atoms with Crippen LogP contribution in [-0.2, 0) is 16.8 Å². The second kappa shape index (κ2) is 2.81. The van der Waals surface area contributed by atoms with Crippen molar-refractivity contribution in [2.24, 2.45) is 11.7 Å². The number of nitrogens with zero attached hydrogens (tertiary/aromatic N) is 1. The van der Waals surface area contributed by atoms with Crippen LogP contribution in [0.5, 0.6) is 0 Å². The van der Waals surface area contributed by atoms with Crippen LogP contribution in [0.15, 0.2) is 6.20 Å². The Morgan fingerprint density at radius 2 is 2.57 bits per heavy atom. The lowest BCUT2D eigenvalue weighted by Crippen LogP contribution is -2.52. The molecule has 1 aromatic heterocycles. The van der Waals surface area contributed by atoms with Gasteiger partial charge in [-0.3, -0.25) is 5.10 Å². The number of aryl methyl sites for hydroxylation is 1. The van der Waals surface area contributed by atoms with Crippen molar-refractivity contribution in [1.82, 2.24) is 10.2 Å². The molecule has 0 amide bonds. The van der Waals surface area contributed by atoms with Gasteiger partial charge in [0.15, 0.2) is 0 Å². The van der Waals surface area contributed by atoms with Crippen molar-refractivity contribution < 1.29 is 9.90 Å². The van der Waals surface area contributed by atoms with Gasteiger partial charge in [0, 0.05) is 11.3 Å². The molecule has 0 saturated heterocycles. The van der Waals surface area contributed by atoms with E-state index in [0.717, 1.165) is 18.5 Å². The van der Waals surface area contributed by atoms with Crippen molar-refractivity contribution in [1.29, 1.82) is 0 Å². The van der Waals surface area contributed by atoms with Gasteiger partial charge in [0.05, 0.1) is 6.20 Å². The lowest BCUT2D eigenvalue weighted by Gasteiger charge is -2.34. The number of hydrogen-bond acceptors (Lipinski definition) is 3. The maximum absolute atomic E-state index is 11.2. The predicted molar refractivity (Wildman–Crippen MR) is 49.6 cm³/mol. The molecule has 0 aliphatic heterocycles. The number of carboxylic acid groups (broad SMARTS) is 1. The van der Waals surface area contributed by atoms with Crippen LogP contribution < -0.4 is 5.73 Å². The number of aromatic amines is 1. The van der Waals surface area contributed by atoms with Crippen molar-refractivity contribution in [3.05, 3.63) is 17.5 Å². The van der Waals surface area contributed by atoms with E-state index in [-0.39, 0.29) is 5.92 Å². The van der Waals surface area contributed by atoms with Crippen molar-refractivity contribution in [2.75, 3.05) is 0 Å². The number of carboxylic acids is 1. The Balaban J connectivity index is 2.56. The number of H-pyrrole nitrogens is 1. The molecule has 1 heterocycles. The van der Waals surface area contributed by atoms with Crippen LogP contribution in [0.3, 0.4) is 0 Å². The molecule has 2 atom stereocenters. The SMILES string of the molecule is CC1CCc2[nH]ncc2C1(N)C(=O)O. The highest BCUT2D eigenvalue weighted by molar-refractivity contribution is 5.81. The lowest BCUT2D eigenvalue weighted by atomic mass is 9.73. The molecular formula is C9H13N3O2. The summed E-state index contributed by atoms with van der Waals surface area (Å²) in [7, 11) is 0. The fourth-order valence-corrected chi connectivity index (χ4v) is 2.04. The summed E-state index contributed by atoms with van der Waals surface area (Å²) in [5.74, 6) is -1.04. The normalized spacial score (nSPS) is 31.1. The summed E-state index contributed by atoms with van der Waals surface area (Å²) in [5.41, 5.74) is 6.15. The van der Waals surface area contributed by atoms with Crippen LogP contribution in [-0.4, -0.2) is 21.3 Å². The number of fused-ring (bicyclic) bond motifs is 1. The van der Waals surface area contributed by atoms with Crippen molar-refractivity contribution in [3.63, 3.8) is 0 Å². The highest BCUT2D eigenvalue weighted by Gasteiger charge is 2.46. The molecule has 5 nitrogen and oxygen atoms in total. The average molecular weight is 195 g/mol. The molecule has 1 aliphatic carbocycles. The number of nitrogens with two attached hydrogens (primary N) is 1. The summed E-state index contributed by atoms with van der Waals surface area (Å²) in [6, 6.07) is 0. The fourth-order valence-electron chi connectivity index (χ4n) is 2.04. The third-order valence-electron chi connectivity index (χ3n) is 3.12. The second-order valence-corrected chi connectivity index (χ2v) is 3.88. The topological polar surface area (TPSA) is 92.0 Å². The van der Waals surface area contributed by atoms with E-state index in [2.05, 4.69) is 10.2 Å². The first-order valence-electron chi connectivity index (χ1n) is 4.61. The fraction of sp³-hybridized carbons (Fsp3) is 0.556. The molecular weight excluding hydrogens is 182 g/mol. The minimum atomic E-state index is -1.28. The zero-order valence-electron chi connectivity index (χ0n) is 7.95. The van der Waals surface area contributed by atoms with E-state index in [1.54, 1.807) is 0 Å². The van der Waals surface area contributed by atoms with Gasteiger partial charge in [-0.25, -0.2) is 4.79 Å². The van der Waals surface area contributed by atoms with Gasteiger partial charge in [0.2, 0.25) is 0 Å². The quantitative estimate of drug-likeness (QED) is 0.598. The Kier molecular flexibility index (Phi) is 1.85. The van der Waals surface area contributed by atoms with Crippen LogP contribution in [0.4, 0.5) is 0 Å². The highest BCUT2D eigenvalue weighted by Crippen LogP contribution is 2.36. The second-order valence-electron chi connectivity index (χ2n) is 3.88. The van der Waals surface area contributed by atoms with Crippen molar-refractivity contribution in [3.8, 4) is 0 Å². The standard InChI is InChI=1S/C9H13N3O2/c1-5-2-3-7-6(4-11-12-7)9(5,10)8(13)14/h4-5H,2-3,10H2,1H3,(H,11,12)(H,13,14). The van der Waals surface area contributed by atoms with Crippen LogP contribution in [0.1, 0.15) is 24.6 Å². The van der Waals surface area contributed by atoms with Crippen LogP contribution in [0, 0.1) is 5.92 Å². The molecule has 76 valence electrons. The minimum Gasteiger partial charge on any atom is -0.480 e. The van der Waals surface area contributed by atoms with E-state index in [9.17, 15) is 4.79 Å². The monoisotopic (exact) mass is 195 g/mol. The molecule has 5 heteroatoms. The number of aliphatic carboxylic acids is 1. The predicted octanol–water partition coefficient (Wildman–Crippen LogP) is 0.231. The first-order valence-corrected chi connectivity index (χ1v) is 4.61. The molecule has 4 N–H and O–H groups in total. The van der Waals surface area contributed by atoms with Gasteiger partial charge in [-0.15, -0.1) is 0 Å². The summed E-state index contributed by atoms with van der Waals surface area (Å²) in [6.45, 7) is 1.87. The molecule has 1 aromatic rings. The van der Waals surface area contributed by atoms with E-state index < -0.39 is 11.5 Å². The zero-order chi connectivity index (χ0) is 10.3.